The molecule has 0 aliphatic carbocycles. The normalized spacial score (nSPS) is 10.4. The average molecular weight is 347 g/mol. The Balaban J connectivity index is 2.20. The van der Waals surface area contributed by atoms with Gasteiger partial charge in [0.2, 0.25) is 0 Å². The van der Waals surface area contributed by atoms with E-state index in [4.69, 9.17) is 5.73 Å². The number of rotatable bonds is 4. The number of nitrogens with two attached hydrogens (primary N) is 1. The minimum Gasteiger partial charge on any atom is -0.398 e. The van der Waals surface area contributed by atoms with Crippen molar-refractivity contribution in [3.05, 3.63) is 63.6 Å². The molecule has 0 fully saturated rings. The zero-order valence-electron chi connectivity index (χ0n) is 12.3. The minimum atomic E-state index is -0.00166. The Kier molecular flexibility index (Phi) is 5.02. The molecule has 3 nitrogen and oxygen atoms in total. The molecule has 0 saturated carbocycles. The van der Waals surface area contributed by atoms with Crippen molar-refractivity contribution in [3.63, 3.8) is 0 Å². The van der Waals surface area contributed by atoms with E-state index in [-0.39, 0.29) is 5.91 Å². The van der Waals surface area contributed by atoms with Crippen molar-refractivity contribution in [2.45, 2.75) is 20.4 Å². The molecule has 0 spiro atoms. The average Bonchev–Trinajstić information content (AvgIpc) is 2.47. The van der Waals surface area contributed by atoms with Gasteiger partial charge in [-0.3, -0.25) is 4.79 Å². The highest BCUT2D eigenvalue weighted by molar-refractivity contribution is 9.10. The molecule has 0 aliphatic heterocycles. The molecule has 0 radical (unpaired) electrons. The van der Waals surface area contributed by atoms with Gasteiger partial charge in [-0.05, 0) is 53.5 Å². The third-order valence-corrected chi connectivity index (χ3v) is 4.09. The summed E-state index contributed by atoms with van der Waals surface area (Å²) in [4.78, 5) is 14.4. The van der Waals surface area contributed by atoms with Gasteiger partial charge in [-0.1, -0.05) is 29.8 Å². The molecule has 21 heavy (non-hydrogen) atoms. The second-order valence-corrected chi connectivity index (χ2v) is 5.90. The van der Waals surface area contributed by atoms with Gasteiger partial charge in [0, 0.05) is 28.8 Å². The lowest BCUT2D eigenvalue weighted by Crippen LogP contribution is -2.30. The van der Waals surface area contributed by atoms with Gasteiger partial charge in [-0.2, -0.15) is 0 Å². The van der Waals surface area contributed by atoms with Gasteiger partial charge in [0.15, 0.2) is 0 Å². The van der Waals surface area contributed by atoms with Crippen LogP contribution in [0.3, 0.4) is 0 Å². The fraction of sp³-hybridized carbons (Fsp3) is 0.235. The number of benzene rings is 2. The number of hydrogen-bond acceptors (Lipinski definition) is 2. The molecule has 0 heterocycles. The highest BCUT2D eigenvalue weighted by atomic mass is 79.9. The van der Waals surface area contributed by atoms with E-state index < -0.39 is 0 Å². The van der Waals surface area contributed by atoms with Crippen molar-refractivity contribution in [1.82, 2.24) is 4.90 Å². The number of nitrogens with zero attached hydrogens (tertiary/aromatic N) is 1. The van der Waals surface area contributed by atoms with Crippen molar-refractivity contribution in [2.75, 3.05) is 12.3 Å². The van der Waals surface area contributed by atoms with E-state index in [0.717, 1.165) is 10.0 Å². The molecular formula is C17H19BrN2O. The number of amides is 1. The summed E-state index contributed by atoms with van der Waals surface area (Å²) in [5.74, 6) is -0.00166. The largest absolute Gasteiger partial charge is 0.398 e. The molecule has 110 valence electrons. The van der Waals surface area contributed by atoms with Crippen LogP contribution in [0.2, 0.25) is 0 Å². The summed E-state index contributed by atoms with van der Waals surface area (Å²) in [6, 6.07) is 13.5. The molecule has 1 amide bonds. The third-order valence-electron chi connectivity index (χ3n) is 3.37. The Labute approximate surface area is 133 Å². The van der Waals surface area contributed by atoms with Crippen LogP contribution in [0.25, 0.3) is 0 Å². The van der Waals surface area contributed by atoms with Gasteiger partial charge < -0.3 is 10.6 Å². The van der Waals surface area contributed by atoms with Crippen LogP contribution in [0.1, 0.15) is 28.4 Å². The lowest BCUT2D eigenvalue weighted by molar-refractivity contribution is 0.0752. The number of nitrogen functional groups attached to an aromatic ring is 1. The van der Waals surface area contributed by atoms with E-state index in [1.807, 2.05) is 30.0 Å². The van der Waals surface area contributed by atoms with Crippen molar-refractivity contribution >= 4 is 27.5 Å². The quantitative estimate of drug-likeness (QED) is 0.850. The fourth-order valence-corrected chi connectivity index (χ4v) is 2.46. The maximum atomic E-state index is 12.6. The van der Waals surface area contributed by atoms with E-state index in [2.05, 4.69) is 35.0 Å². The van der Waals surface area contributed by atoms with Crippen LogP contribution in [-0.4, -0.2) is 17.4 Å². The van der Waals surface area contributed by atoms with Crippen LogP contribution in [0.15, 0.2) is 46.9 Å². The first-order valence-electron chi connectivity index (χ1n) is 6.91. The molecule has 2 N–H and O–H groups in total. The standard InChI is InChI=1S/C17H19BrN2O/c1-3-20(11-13-6-4-5-12(2)9-13)17(21)14-7-8-15(18)16(19)10-14/h4-10H,3,11,19H2,1-2H3. The summed E-state index contributed by atoms with van der Waals surface area (Å²) in [6.07, 6.45) is 0. The lowest BCUT2D eigenvalue weighted by Gasteiger charge is -2.21. The van der Waals surface area contributed by atoms with E-state index in [1.54, 1.807) is 12.1 Å². The molecule has 2 aromatic carbocycles. The van der Waals surface area contributed by atoms with Crippen LogP contribution in [0.4, 0.5) is 5.69 Å². The van der Waals surface area contributed by atoms with Crippen molar-refractivity contribution in [1.29, 1.82) is 0 Å². The number of halogens is 1. The third kappa shape index (κ3) is 3.85. The molecule has 2 aromatic rings. The first-order valence-corrected chi connectivity index (χ1v) is 7.70. The number of anilines is 1. The maximum absolute atomic E-state index is 12.6. The predicted octanol–water partition coefficient (Wildman–Crippen LogP) is 4.00. The van der Waals surface area contributed by atoms with Gasteiger partial charge in [0.1, 0.15) is 0 Å². The second-order valence-electron chi connectivity index (χ2n) is 5.04. The van der Waals surface area contributed by atoms with Gasteiger partial charge >= 0.3 is 0 Å². The Bertz CT molecular complexity index is 655. The molecule has 0 unspecified atom stereocenters. The highest BCUT2D eigenvalue weighted by Crippen LogP contribution is 2.21. The summed E-state index contributed by atoms with van der Waals surface area (Å²) in [5.41, 5.74) is 9.38. The van der Waals surface area contributed by atoms with Crippen molar-refractivity contribution < 1.29 is 4.79 Å². The monoisotopic (exact) mass is 346 g/mol. The molecule has 2 rings (SSSR count). The Morgan fingerprint density at radius 1 is 1.24 bits per heavy atom. The molecule has 0 saturated heterocycles. The zero-order chi connectivity index (χ0) is 15.4. The molecule has 0 aliphatic rings. The zero-order valence-corrected chi connectivity index (χ0v) is 13.9. The van der Waals surface area contributed by atoms with Crippen molar-refractivity contribution in [2.24, 2.45) is 0 Å². The predicted molar refractivity (Wildman–Crippen MR) is 90.1 cm³/mol. The molecular weight excluding hydrogens is 328 g/mol. The van der Waals surface area contributed by atoms with Gasteiger partial charge in [0.25, 0.3) is 5.91 Å². The second kappa shape index (κ2) is 6.76. The van der Waals surface area contributed by atoms with E-state index in [1.165, 1.54) is 5.56 Å². The Morgan fingerprint density at radius 3 is 2.62 bits per heavy atom. The number of hydrogen-bond donors (Lipinski definition) is 1. The summed E-state index contributed by atoms with van der Waals surface area (Å²) in [7, 11) is 0. The maximum Gasteiger partial charge on any atom is 0.254 e. The number of aryl methyl sites for hydroxylation is 1. The smallest absolute Gasteiger partial charge is 0.254 e. The Morgan fingerprint density at radius 2 is 2.00 bits per heavy atom. The van der Waals surface area contributed by atoms with Crippen LogP contribution in [0, 0.1) is 6.92 Å². The van der Waals surface area contributed by atoms with Crippen LogP contribution in [0.5, 0.6) is 0 Å². The minimum absolute atomic E-state index is 0.00166. The highest BCUT2D eigenvalue weighted by Gasteiger charge is 2.15. The summed E-state index contributed by atoms with van der Waals surface area (Å²) >= 11 is 3.34. The van der Waals surface area contributed by atoms with Gasteiger partial charge in [-0.25, -0.2) is 0 Å². The van der Waals surface area contributed by atoms with Gasteiger partial charge in [-0.15, -0.1) is 0 Å². The van der Waals surface area contributed by atoms with Crippen molar-refractivity contribution in [3.8, 4) is 0 Å². The first-order chi connectivity index (χ1) is 10.0. The summed E-state index contributed by atoms with van der Waals surface area (Å²) in [6.45, 7) is 5.29. The van der Waals surface area contributed by atoms with E-state index in [9.17, 15) is 4.79 Å². The topological polar surface area (TPSA) is 46.3 Å². The Hall–Kier alpha value is -1.81. The molecule has 0 atom stereocenters. The lowest BCUT2D eigenvalue weighted by atomic mass is 10.1. The SMILES string of the molecule is CCN(Cc1cccc(C)c1)C(=O)c1ccc(Br)c(N)c1. The summed E-state index contributed by atoms with van der Waals surface area (Å²) in [5, 5.41) is 0. The number of carbonyl (C=O) groups excluding carboxylic acids is 1. The summed E-state index contributed by atoms with van der Waals surface area (Å²) < 4.78 is 0.806. The van der Waals surface area contributed by atoms with Gasteiger partial charge in [0.05, 0.1) is 0 Å². The first kappa shape index (κ1) is 15.6. The van der Waals surface area contributed by atoms with Crippen LogP contribution >= 0.6 is 15.9 Å². The van der Waals surface area contributed by atoms with E-state index in [0.29, 0.717) is 24.3 Å². The van der Waals surface area contributed by atoms with Crippen LogP contribution in [-0.2, 0) is 6.54 Å². The fourth-order valence-electron chi connectivity index (χ4n) is 2.22. The molecule has 0 bridgehead atoms. The number of carbonyl (C=O) groups is 1. The van der Waals surface area contributed by atoms with E-state index >= 15 is 0 Å². The van der Waals surface area contributed by atoms with Crippen LogP contribution < -0.4 is 5.73 Å². The molecule has 0 aromatic heterocycles. The molecule has 4 heteroatoms.